The third-order valence-electron chi connectivity index (χ3n) is 3.27. The summed E-state index contributed by atoms with van der Waals surface area (Å²) in [4.78, 5) is 14.2. The normalized spacial score (nSPS) is 11.4. The number of primary sulfonamides is 1. The van der Waals surface area contributed by atoms with Gasteiger partial charge in [-0.25, -0.2) is 13.6 Å². The minimum Gasteiger partial charge on any atom is -0.339 e. The molecule has 0 saturated heterocycles. The van der Waals surface area contributed by atoms with Crippen molar-refractivity contribution >= 4 is 15.9 Å². The molecule has 5 nitrogen and oxygen atoms in total. The van der Waals surface area contributed by atoms with Crippen LogP contribution in [-0.2, 0) is 10.0 Å². The highest BCUT2D eigenvalue weighted by Crippen LogP contribution is 2.17. The van der Waals surface area contributed by atoms with E-state index in [4.69, 9.17) is 5.14 Å². The molecule has 0 heterocycles. The SMILES string of the molecule is CCCCN(CCCC)C(=O)c1ccccc1S(N)(=O)=O. The van der Waals surface area contributed by atoms with Crippen LogP contribution in [0.3, 0.4) is 0 Å². The molecular weight excluding hydrogens is 288 g/mol. The van der Waals surface area contributed by atoms with Crippen molar-refractivity contribution < 1.29 is 13.2 Å². The van der Waals surface area contributed by atoms with Crippen molar-refractivity contribution in [2.45, 2.75) is 44.4 Å². The summed E-state index contributed by atoms with van der Waals surface area (Å²) in [7, 11) is -3.90. The first kappa shape index (κ1) is 17.7. The maximum absolute atomic E-state index is 12.6. The summed E-state index contributed by atoms with van der Waals surface area (Å²) in [5.74, 6) is -0.262. The van der Waals surface area contributed by atoms with Crippen LogP contribution in [0.2, 0.25) is 0 Å². The van der Waals surface area contributed by atoms with Crippen LogP contribution in [0.4, 0.5) is 0 Å². The lowest BCUT2D eigenvalue weighted by Crippen LogP contribution is -2.34. The number of hydrogen-bond donors (Lipinski definition) is 1. The number of carbonyl (C=O) groups excluding carboxylic acids is 1. The first-order chi connectivity index (χ1) is 9.91. The Morgan fingerprint density at radius 3 is 2.10 bits per heavy atom. The van der Waals surface area contributed by atoms with Crippen molar-refractivity contribution in [1.82, 2.24) is 4.90 Å². The molecule has 0 unspecified atom stereocenters. The number of carbonyl (C=O) groups is 1. The van der Waals surface area contributed by atoms with Crippen LogP contribution in [-0.4, -0.2) is 32.3 Å². The summed E-state index contributed by atoms with van der Waals surface area (Å²) in [6.07, 6.45) is 3.75. The van der Waals surface area contributed by atoms with Gasteiger partial charge in [-0.05, 0) is 25.0 Å². The van der Waals surface area contributed by atoms with Crippen molar-refractivity contribution in [3.8, 4) is 0 Å². The summed E-state index contributed by atoms with van der Waals surface area (Å²) in [5, 5.41) is 5.20. The topological polar surface area (TPSA) is 80.5 Å². The van der Waals surface area contributed by atoms with Gasteiger partial charge >= 0.3 is 0 Å². The van der Waals surface area contributed by atoms with Gasteiger partial charge in [0.1, 0.15) is 0 Å². The maximum Gasteiger partial charge on any atom is 0.255 e. The van der Waals surface area contributed by atoms with Crippen LogP contribution in [0.5, 0.6) is 0 Å². The summed E-state index contributed by atoms with van der Waals surface area (Å²) in [6, 6.07) is 6.12. The monoisotopic (exact) mass is 312 g/mol. The van der Waals surface area contributed by atoms with Crippen LogP contribution in [0.15, 0.2) is 29.2 Å². The zero-order chi connectivity index (χ0) is 15.9. The Balaban J connectivity index is 3.08. The molecule has 1 amide bonds. The van der Waals surface area contributed by atoms with Crippen molar-refractivity contribution in [1.29, 1.82) is 0 Å². The highest BCUT2D eigenvalue weighted by molar-refractivity contribution is 7.89. The number of sulfonamides is 1. The molecule has 0 aromatic heterocycles. The summed E-state index contributed by atoms with van der Waals surface area (Å²) in [6.45, 7) is 5.38. The molecule has 6 heteroatoms. The molecule has 0 fully saturated rings. The van der Waals surface area contributed by atoms with Gasteiger partial charge in [0, 0.05) is 13.1 Å². The van der Waals surface area contributed by atoms with Crippen molar-refractivity contribution in [3.63, 3.8) is 0 Å². The summed E-state index contributed by atoms with van der Waals surface area (Å²) in [5.41, 5.74) is 0.159. The average Bonchev–Trinajstić information content (AvgIpc) is 2.46. The number of rotatable bonds is 8. The Kier molecular flexibility index (Phi) is 6.84. The standard InChI is InChI=1S/C15H24N2O3S/c1-3-5-11-17(12-6-4-2)15(18)13-9-7-8-10-14(13)21(16,19)20/h7-10H,3-6,11-12H2,1-2H3,(H2,16,19,20). The van der Waals surface area contributed by atoms with Gasteiger partial charge in [0.25, 0.3) is 5.91 Å². The Labute approximate surface area is 127 Å². The van der Waals surface area contributed by atoms with E-state index in [-0.39, 0.29) is 16.4 Å². The molecule has 0 bridgehead atoms. The molecule has 1 rings (SSSR count). The fourth-order valence-electron chi connectivity index (χ4n) is 2.07. The van der Waals surface area contributed by atoms with E-state index in [2.05, 4.69) is 13.8 Å². The molecule has 0 aliphatic carbocycles. The zero-order valence-electron chi connectivity index (χ0n) is 12.7. The highest BCUT2D eigenvalue weighted by Gasteiger charge is 2.22. The largest absolute Gasteiger partial charge is 0.339 e. The van der Waals surface area contributed by atoms with Crippen LogP contribution >= 0.6 is 0 Å². The van der Waals surface area contributed by atoms with Gasteiger partial charge in [-0.1, -0.05) is 38.8 Å². The Morgan fingerprint density at radius 1 is 1.10 bits per heavy atom. The van der Waals surface area contributed by atoms with Crippen molar-refractivity contribution in [2.24, 2.45) is 5.14 Å². The summed E-state index contributed by atoms with van der Waals surface area (Å²) < 4.78 is 23.2. The molecule has 0 saturated carbocycles. The second-order valence-electron chi connectivity index (χ2n) is 5.04. The molecule has 0 atom stereocenters. The number of nitrogens with zero attached hydrogens (tertiary/aromatic N) is 1. The van der Waals surface area contributed by atoms with Gasteiger partial charge in [-0.2, -0.15) is 0 Å². The fourth-order valence-corrected chi connectivity index (χ4v) is 2.80. The van der Waals surface area contributed by atoms with Crippen LogP contribution in [0, 0.1) is 0 Å². The number of nitrogens with two attached hydrogens (primary N) is 1. The van der Waals surface area contributed by atoms with Gasteiger partial charge < -0.3 is 4.90 Å². The fraction of sp³-hybridized carbons (Fsp3) is 0.533. The molecule has 1 aromatic rings. The Morgan fingerprint density at radius 2 is 1.62 bits per heavy atom. The first-order valence-electron chi connectivity index (χ1n) is 7.32. The minimum atomic E-state index is -3.90. The smallest absolute Gasteiger partial charge is 0.255 e. The number of amides is 1. The van der Waals surface area contributed by atoms with Crippen molar-refractivity contribution in [3.05, 3.63) is 29.8 Å². The number of unbranched alkanes of at least 4 members (excludes halogenated alkanes) is 2. The molecule has 0 aliphatic rings. The molecule has 0 radical (unpaired) electrons. The van der Waals surface area contributed by atoms with Crippen molar-refractivity contribution in [2.75, 3.05) is 13.1 Å². The van der Waals surface area contributed by atoms with E-state index in [1.165, 1.54) is 12.1 Å². The van der Waals surface area contributed by atoms with Crippen LogP contribution in [0.1, 0.15) is 49.9 Å². The van der Waals surface area contributed by atoms with Gasteiger partial charge in [0.2, 0.25) is 10.0 Å². The summed E-state index contributed by atoms with van der Waals surface area (Å²) >= 11 is 0. The lowest BCUT2D eigenvalue weighted by Gasteiger charge is -2.23. The molecular formula is C15H24N2O3S. The third kappa shape index (κ3) is 5.13. The minimum absolute atomic E-state index is 0.104. The van der Waals surface area contributed by atoms with Crippen LogP contribution in [0.25, 0.3) is 0 Å². The highest BCUT2D eigenvalue weighted by atomic mass is 32.2. The predicted octanol–water partition coefficient (Wildman–Crippen LogP) is 2.38. The lowest BCUT2D eigenvalue weighted by molar-refractivity contribution is 0.0747. The van der Waals surface area contributed by atoms with Gasteiger partial charge in [-0.3, -0.25) is 4.79 Å². The first-order valence-corrected chi connectivity index (χ1v) is 8.87. The third-order valence-corrected chi connectivity index (χ3v) is 4.24. The molecule has 21 heavy (non-hydrogen) atoms. The second kappa shape index (κ2) is 8.14. The molecule has 2 N–H and O–H groups in total. The quantitative estimate of drug-likeness (QED) is 0.800. The molecule has 0 spiro atoms. The zero-order valence-corrected chi connectivity index (χ0v) is 13.5. The number of hydrogen-bond acceptors (Lipinski definition) is 3. The van der Waals surface area contributed by atoms with E-state index in [1.54, 1.807) is 17.0 Å². The lowest BCUT2D eigenvalue weighted by atomic mass is 10.1. The Hall–Kier alpha value is -1.40. The van der Waals surface area contributed by atoms with E-state index in [0.717, 1.165) is 25.7 Å². The second-order valence-corrected chi connectivity index (χ2v) is 6.57. The van der Waals surface area contributed by atoms with E-state index in [1.807, 2.05) is 0 Å². The van der Waals surface area contributed by atoms with Gasteiger partial charge in [-0.15, -0.1) is 0 Å². The maximum atomic E-state index is 12.6. The molecule has 1 aromatic carbocycles. The van der Waals surface area contributed by atoms with Gasteiger partial charge in [0.15, 0.2) is 0 Å². The van der Waals surface area contributed by atoms with E-state index in [9.17, 15) is 13.2 Å². The van der Waals surface area contributed by atoms with Gasteiger partial charge in [0.05, 0.1) is 10.5 Å². The Bertz CT molecular complexity index is 562. The molecule has 118 valence electrons. The van der Waals surface area contributed by atoms with E-state index < -0.39 is 10.0 Å². The van der Waals surface area contributed by atoms with E-state index in [0.29, 0.717) is 13.1 Å². The predicted molar refractivity (Wildman–Crippen MR) is 83.5 cm³/mol. The average molecular weight is 312 g/mol. The molecule has 0 aliphatic heterocycles. The number of benzene rings is 1. The van der Waals surface area contributed by atoms with E-state index >= 15 is 0 Å². The van der Waals surface area contributed by atoms with Crippen LogP contribution < -0.4 is 5.14 Å².